The topological polar surface area (TPSA) is 12.0 Å². The second kappa shape index (κ2) is 5.35. The Bertz CT molecular complexity index is 492. The van der Waals surface area contributed by atoms with Crippen LogP contribution in [0.1, 0.15) is 16.7 Å². The summed E-state index contributed by atoms with van der Waals surface area (Å²) in [5.41, 5.74) is 4.93. The Hall–Kier alpha value is -2.02. The number of benzene rings is 2. The molecular formula is C16H17N. The molecule has 1 nitrogen and oxygen atoms in total. The smallest absolute Gasteiger partial charge is 0.0439 e. The molecule has 0 aromatic heterocycles. The number of hydrogen-bond donors (Lipinski definition) is 1. The monoisotopic (exact) mass is 223 g/mol. The Kier molecular flexibility index (Phi) is 3.61. The molecule has 0 saturated carbocycles. The van der Waals surface area contributed by atoms with Crippen LogP contribution in [-0.2, 0) is 0 Å². The van der Waals surface area contributed by atoms with Crippen molar-refractivity contribution in [2.45, 2.75) is 13.8 Å². The number of hydrogen-bond acceptors (Lipinski definition) is 1. The van der Waals surface area contributed by atoms with Crippen molar-refractivity contribution in [1.29, 1.82) is 0 Å². The second-order valence-electron chi connectivity index (χ2n) is 4.16. The van der Waals surface area contributed by atoms with E-state index in [9.17, 15) is 0 Å². The van der Waals surface area contributed by atoms with Crippen LogP contribution in [0.2, 0.25) is 0 Å². The summed E-state index contributed by atoms with van der Waals surface area (Å²) in [6.45, 7) is 4.23. The van der Waals surface area contributed by atoms with Crippen LogP contribution < -0.4 is 5.32 Å². The molecule has 0 spiro atoms. The lowest BCUT2D eigenvalue weighted by Gasteiger charge is -2.08. The first-order valence-corrected chi connectivity index (χ1v) is 5.82. The normalized spacial score (nSPS) is 10.7. The molecule has 17 heavy (non-hydrogen) atoms. The molecular weight excluding hydrogens is 206 g/mol. The molecule has 0 heterocycles. The summed E-state index contributed by atoms with van der Waals surface area (Å²) < 4.78 is 0. The van der Waals surface area contributed by atoms with Gasteiger partial charge >= 0.3 is 0 Å². The maximum Gasteiger partial charge on any atom is 0.0439 e. The molecule has 2 aromatic rings. The summed E-state index contributed by atoms with van der Waals surface area (Å²) in [5, 5.41) is 3.35. The quantitative estimate of drug-likeness (QED) is 0.814. The van der Waals surface area contributed by atoms with E-state index in [4.69, 9.17) is 0 Å². The van der Waals surface area contributed by atoms with Gasteiger partial charge in [-0.15, -0.1) is 0 Å². The molecule has 2 rings (SSSR count). The third-order valence-electron chi connectivity index (χ3n) is 2.78. The van der Waals surface area contributed by atoms with Gasteiger partial charge in [-0.05, 0) is 36.6 Å². The molecule has 0 amide bonds. The van der Waals surface area contributed by atoms with Crippen LogP contribution in [0.25, 0.3) is 6.08 Å². The van der Waals surface area contributed by atoms with Crippen molar-refractivity contribution in [2.75, 3.05) is 5.32 Å². The van der Waals surface area contributed by atoms with E-state index in [-0.39, 0.29) is 0 Å². The van der Waals surface area contributed by atoms with Crippen molar-refractivity contribution in [2.24, 2.45) is 0 Å². The minimum atomic E-state index is 1.19. The molecule has 86 valence electrons. The Morgan fingerprint density at radius 3 is 2.12 bits per heavy atom. The maximum absolute atomic E-state index is 3.35. The standard InChI is InChI=1S/C16H17N/c1-13-7-6-8-14(2)16(13)17-12-11-15-9-4-3-5-10-15/h3-12,17H,1-2H3/b12-11+. The van der Waals surface area contributed by atoms with Gasteiger partial charge in [0.05, 0.1) is 0 Å². The van der Waals surface area contributed by atoms with Crippen molar-refractivity contribution in [3.8, 4) is 0 Å². The highest BCUT2D eigenvalue weighted by Crippen LogP contribution is 2.19. The zero-order valence-corrected chi connectivity index (χ0v) is 10.3. The first-order valence-electron chi connectivity index (χ1n) is 5.82. The van der Waals surface area contributed by atoms with Crippen LogP contribution >= 0.6 is 0 Å². The second-order valence-corrected chi connectivity index (χ2v) is 4.16. The van der Waals surface area contributed by atoms with E-state index in [1.54, 1.807) is 0 Å². The molecule has 0 bridgehead atoms. The summed E-state index contributed by atoms with van der Waals surface area (Å²) in [6.07, 6.45) is 4.07. The summed E-state index contributed by atoms with van der Waals surface area (Å²) in [7, 11) is 0. The highest BCUT2D eigenvalue weighted by Gasteiger charge is 1.98. The fourth-order valence-corrected chi connectivity index (χ4v) is 1.83. The molecule has 0 fully saturated rings. The fraction of sp³-hybridized carbons (Fsp3) is 0.125. The lowest BCUT2D eigenvalue weighted by Crippen LogP contribution is -1.93. The third kappa shape index (κ3) is 2.97. The summed E-state index contributed by atoms with van der Waals surface area (Å²) in [4.78, 5) is 0. The largest absolute Gasteiger partial charge is 0.361 e. The van der Waals surface area contributed by atoms with Gasteiger partial charge in [0.15, 0.2) is 0 Å². The van der Waals surface area contributed by atoms with Crippen molar-refractivity contribution in [3.05, 3.63) is 71.4 Å². The lowest BCUT2D eigenvalue weighted by atomic mass is 10.1. The van der Waals surface area contributed by atoms with Gasteiger partial charge in [0.1, 0.15) is 0 Å². The van der Waals surface area contributed by atoms with Gasteiger partial charge < -0.3 is 5.32 Å². The molecule has 0 saturated heterocycles. The van der Waals surface area contributed by atoms with Crippen LogP contribution in [0.3, 0.4) is 0 Å². The zero-order valence-electron chi connectivity index (χ0n) is 10.3. The highest BCUT2D eigenvalue weighted by atomic mass is 14.8. The van der Waals surface area contributed by atoms with Gasteiger partial charge in [-0.2, -0.15) is 0 Å². The number of rotatable bonds is 3. The number of para-hydroxylation sites is 1. The first-order chi connectivity index (χ1) is 8.27. The van der Waals surface area contributed by atoms with E-state index in [0.29, 0.717) is 0 Å². The van der Waals surface area contributed by atoms with Crippen molar-refractivity contribution < 1.29 is 0 Å². The van der Waals surface area contributed by atoms with Gasteiger partial charge in [0.2, 0.25) is 0 Å². The van der Waals surface area contributed by atoms with E-state index in [0.717, 1.165) is 0 Å². The Labute approximate surface area is 103 Å². The van der Waals surface area contributed by atoms with Gasteiger partial charge in [0, 0.05) is 11.9 Å². The molecule has 0 aliphatic carbocycles. The van der Waals surface area contributed by atoms with E-state index in [1.165, 1.54) is 22.4 Å². The Morgan fingerprint density at radius 2 is 1.47 bits per heavy atom. The first kappa shape index (κ1) is 11.5. The molecule has 2 aromatic carbocycles. The Morgan fingerprint density at radius 1 is 0.824 bits per heavy atom. The number of aryl methyl sites for hydroxylation is 2. The maximum atomic E-state index is 3.35. The lowest BCUT2D eigenvalue weighted by molar-refractivity contribution is 1.36. The van der Waals surface area contributed by atoms with Gasteiger partial charge in [-0.3, -0.25) is 0 Å². The van der Waals surface area contributed by atoms with E-state index >= 15 is 0 Å². The minimum Gasteiger partial charge on any atom is -0.361 e. The third-order valence-corrected chi connectivity index (χ3v) is 2.78. The van der Waals surface area contributed by atoms with E-state index in [2.05, 4.69) is 55.6 Å². The molecule has 0 unspecified atom stereocenters. The molecule has 0 radical (unpaired) electrons. The molecule has 0 aliphatic rings. The van der Waals surface area contributed by atoms with Gasteiger partial charge in [-0.1, -0.05) is 48.5 Å². The predicted molar refractivity (Wildman–Crippen MR) is 75.0 cm³/mol. The van der Waals surface area contributed by atoms with E-state index < -0.39 is 0 Å². The predicted octanol–water partition coefficient (Wildman–Crippen LogP) is 4.39. The van der Waals surface area contributed by atoms with Crippen molar-refractivity contribution in [1.82, 2.24) is 0 Å². The van der Waals surface area contributed by atoms with Crippen LogP contribution in [0.4, 0.5) is 5.69 Å². The van der Waals surface area contributed by atoms with Crippen LogP contribution in [0.5, 0.6) is 0 Å². The van der Waals surface area contributed by atoms with Crippen LogP contribution in [0.15, 0.2) is 54.7 Å². The molecule has 0 atom stereocenters. The average molecular weight is 223 g/mol. The molecule has 0 aliphatic heterocycles. The molecule has 1 N–H and O–H groups in total. The number of nitrogens with one attached hydrogen (secondary N) is 1. The van der Waals surface area contributed by atoms with Crippen LogP contribution in [-0.4, -0.2) is 0 Å². The zero-order chi connectivity index (χ0) is 12.1. The minimum absolute atomic E-state index is 1.19. The van der Waals surface area contributed by atoms with Gasteiger partial charge in [-0.25, -0.2) is 0 Å². The summed E-state index contributed by atoms with van der Waals surface area (Å²) in [5.74, 6) is 0. The Balaban J connectivity index is 2.10. The fourth-order valence-electron chi connectivity index (χ4n) is 1.83. The molecule has 1 heteroatoms. The van der Waals surface area contributed by atoms with Crippen molar-refractivity contribution in [3.63, 3.8) is 0 Å². The number of anilines is 1. The summed E-state index contributed by atoms with van der Waals surface area (Å²) >= 11 is 0. The summed E-state index contributed by atoms with van der Waals surface area (Å²) in [6, 6.07) is 16.6. The SMILES string of the molecule is Cc1cccc(C)c1N/C=C/c1ccccc1. The van der Waals surface area contributed by atoms with Crippen LogP contribution in [0, 0.1) is 13.8 Å². The average Bonchev–Trinajstić information content (AvgIpc) is 2.34. The van der Waals surface area contributed by atoms with Gasteiger partial charge in [0.25, 0.3) is 0 Å². The van der Waals surface area contributed by atoms with Crippen molar-refractivity contribution >= 4 is 11.8 Å². The highest BCUT2D eigenvalue weighted by molar-refractivity contribution is 5.61. The van der Waals surface area contributed by atoms with E-state index in [1.807, 2.05) is 24.4 Å².